The average Bonchev–Trinajstić information content (AvgIpc) is 2.39. The van der Waals surface area contributed by atoms with Crippen LogP contribution in [-0.4, -0.2) is 18.5 Å². The van der Waals surface area contributed by atoms with Gasteiger partial charge in [0.2, 0.25) is 5.91 Å². The van der Waals surface area contributed by atoms with Crippen molar-refractivity contribution in [1.82, 2.24) is 0 Å². The van der Waals surface area contributed by atoms with Gasteiger partial charge in [-0.15, -0.1) is 0 Å². The molecule has 0 aliphatic carbocycles. The fourth-order valence-electron chi connectivity index (χ4n) is 1.72. The van der Waals surface area contributed by atoms with Crippen LogP contribution >= 0.6 is 0 Å². The first-order valence-corrected chi connectivity index (χ1v) is 6.70. The van der Waals surface area contributed by atoms with Crippen LogP contribution in [0.4, 0.5) is 5.69 Å². The van der Waals surface area contributed by atoms with Gasteiger partial charge in [-0.2, -0.15) is 0 Å². The van der Waals surface area contributed by atoms with E-state index in [0.29, 0.717) is 6.61 Å². The van der Waals surface area contributed by atoms with Gasteiger partial charge in [0.1, 0.15) is 0 Å². The molecule has 0 bridgehead atoms. The molecule has 0 saturated heterocycles. The van der Waals surface area contributed by atoms with Gasteiger partial charge in [0.05, 0.1) is 13.0 Å². The van der Waals surface area contributed by atoms with Crippen LogP contribution in [0.15, 0.2) is 24.3 Å². The lowest BCUT2D eigenvalue weighted by Gasteiger charge is -2.06. The zero-order chi connectivity index (χ0) is 14.1. The summed E-state index contributed by atoms with van der Waals surface area (Å²) in [6.07, 6.45) is 2.41. The van der Waals surface area contributed by atoms with Crippen LogP contribution in [-0.2, 0) is 20.7 Å². The molecule has 0 atom stereocenters. The minimum atomic E-state index is -0.337. The van der Waals surface area contributed by atoms with Crippen molar-refractivity contribution in [3.8, 4) is 0 Å². The molecule has 104 valence electrons. The molecule has 1 aromatic carbocycles. The van der Waals surface area contributed by atoms with E-state index in [1.54, 1.807) is 6.92 Å². The number of ether oxygens (including phenoxy) is 1. The molecule has 0 radical (unpaired) electrons. The number of esters is 1. The molecule has 1 N–H and O–H groups in total. The Labute approximate surface area is 114 Å². The SMILES string of the molecule is CCCc1ccc(NC(=O)CCC(=O)OCC)cc1. The lowest BCUT2D eigenvalue weighted by atomic mass is 10.1. The Morgan fingerprint density at radius 2 is 1.79 bits per heavy atom. The van der Waals surface area contributed by atoms with Crippen LogP contribution in [0, 0.1) is 0 Å². The summed E-state index contributed by atoms with van der Waals surface area (Å²) in [7, 11) is 0. The number of hydrogen-bond acceptors (Lipinski definition) is 3. The maximum Gasteiger partial charge on any atom is 0.306 e. The Hall–Kier alpha value is -1.84. The van der Waals surface area contributed by atoms with E-state index < -0.39 is 0 Å². The molecule has 0 spiro atoms. The summed E-state index contributed by atoms with van der Waals surface area (Å²) >= 11 is 0. The van der Waals surface area contributed by atoms with Crippen LogP contribution in [0.5, 0.6) is 0 Å². The van der Waals surface area contributed by atoms with E-state index in [-0.39, 0.29) is 24.7 Å². The molecule has 4 heteroatoms. The third kappa shape index (κ3) is 6.04. The van der Waals surface area contributed by atoms with Crippen molar-refractivity contribution < 1.29 is 14.3 Å². The third-order valence-electron chi connectivity index (χ3n) is 2.64. The van der Waals surface area contributed by atoms with E-state index in [9.17, 15) is 9.59 Å². The predicted octanol–water partition coefficient (Wildman–Crippen LogP) is 2.92. The fraction of sp³-hybridized carbons (Fsp3) is 0.467. The Kier molecular flexibility index (Phi) is 6.64. The number of aryl methyl sites for hydroxylation is 1. The molecule has 0 fully saturated rings. The lowest BCUT2D eigenvalue weighted by molar-refractivity contribution is -0.144. The highest BCUT2D eigenvalue weighted by atomic mass is 16.5. The number of anilines is 1. The molecule has 4 nitrogen and oxygen atoms in total. The number of carbonyl (C=O) groups is 2. The highest BCUT2D eigenvalue weighted by Crippen LogP contribution is 2.11. The quantitative estimate of drug-likeness (QED) is 0.769. The molecule has 0 unspecified atom stereocenters. The third-order valence-corrected chi connectivity index (χ3v) is 2.64. The Bertz CT molecular complexity index is 412. The van der Waals surface area contributed by atoms with Crippen molar-refractivity contribution in [1.29, 1.82) is 0 Å². The standard InChI is InChI=1S/C15H21NO3/c1-3-5-12-6-8-13(9-7-12)16-14(17)10-11-15(18)19-4-2/h6-9H,3-5,10-11H2,1-2H3,(H,16,17). The second kappa shape index (κ2) is 8.29. The normalized spacial score (nSPS) is 10.0. The second-order valence-corrected chi connectivity index (χ2v) is 4.30. The van der Waals surface area contributed by atoms with Gasteiger partial charge in [0, 0.05) is 12.1 Å². The molecule has 1 rings (SSSR count). The summed E-state index contributed by atoms with van der Waals surface area (Å²) in [5.74, 6) is -0.507. The summed E-state index contributed by atoms with van der Waals surface area (Å²) in [5, 5.41) is 2.76. The van der Waals surface area contributed by atoms with Gasteiger partial charge in [0.15, 0.2) is 0 Å². The number of rotatable bonds is 7. The molecule has 0 aromatic heterocycles. The van der Waals surface area contributed by atoms with Crippen LogP contribution < -0.4 is 5.32 Å². The van der Waals surface area contributed by atoms with E-state index in [1.165, 1.54) is 5.56 Å². The maximum absolute atomic E-state index is 11.6. The number of benzene rings is 1. The van der Waals surface area contributed by atoms with Crippen LogP contribution in [0.1, 0.15) is 38.7 Å². The van der Waals surface area contributed by atoms with Crippen molar-refractivity contribution in [3.63, 3.8) is 0 Å². The summed E-state index contributed by atoms with van der Waals surface area (Å²) in [6, 6.07) is 7.77. The topological polar surface area (TPSA) is 55.4 Å². The Morgan fingerprint density at radius 3 is 2.37 bits per heavy atom. The van der Waals surface area contributed by atoms with Gasteiger partial charge < -0.3 is 10.1 Å². The summed E-state index contributed by atoms with van der Waals surface area (Å²) in [4.78, 5) is 22.7. The van der Waals surface area contributed by atoms with Crippen molar-refractivity contribution >= 4 is 17.6 Å². The van der Waals surface area contributed by atoms with Crippen LogP contribution in [0.2, 0.25) is 0 Å². The van der Waals surface area contributed by atoms with E-state index in [2.05, 4.69) is 12.2 Å². The predicted molar refractivity (Wildman–Crippen MR) is 74.9 cm³/mol. The largest absolute Gasteiger partial charge is 0.466 e. The Morgan fingerprint density at radius 1 is 1.11 bits per heavy atom. The molecule has 0 aliphatic rings. The minimum Gasteiger partial charge on any atom is -0.466 e. The van der Waals surface area contributed by atoms with Gasteiger partial charge in [-0.25, -0.2) is 0 Å². The number of hydrogen-bond donors (Lipinski definition) is 1. The van der Waals surface area contributed by atoms with E-state index in [4.69, 9.17) is 4.74 Å². The summed E-state index contributed by atoms with van der Waals surface area (Å²) in [5.41, 5.74) is 2.01. The van der Waals surface area contributed by atoms with E-state index in [1.807, 2.05) is 24.3 Å². The summed E-state index contributed by atoms with van der Waals surface area (Å²) in [6.45, 7) is 4.22. The molecule has 0 aliphatic heterocycles. The average molecular weight is 263 g/mol. The highest BCUT2D eigenvalue weighted by molar-refractivity contribution is 5.92. The smallest absolute Gasteiger partial charge is 0.306 e. The van der Waals surface area contributed by atoms with Gasteiger partial charge in [-0.1, -0.05) is 25.5 Å². The molecule has 0 heterocycles. The Balaban J connectivity index is 2.37. The van der Waals surface area contributed by atoms with Crippen molar-refractivity contribution in [2.24, 2.45) is 0 Å². The monoisotopic (exact) mass is 263 g/mol. The zero-order valence-electron chi connectivity index (χ0n) is 11.6. The zero-order valence-corrected chi connectivity index (χ0v) is 11.6. The molecular formula is C15H21NO3. The molecule has 1 aromatic rings. The van der Waals surface area contributed by atoms with Gasteiger partial charge in [0.25, 0.3) is 0 Å². The van der Waals surface area contributed by atoms with E-state index in [0.717, 1.165) is 18.5 Å². The van der Waals surface area contributed by atoms with Gasteiger partial charge in [-0.05, 0) is 31.0 Å². The number of carbonyl (C=O) groups excluding carboxylic acids is 2. The van der Waals surface area contributed by atoms with Gasteiger partial charge in [-0.3, -0.25) is 9.59 Å². The number of amides is 1. The molecular weight excluding hydrogens is 242 g/mol. The summed E-state index contributed by atoms with van der Waals surface area (Å²) < 4.78 is 4.77. The first-order chi connectivity index (χ1) is 9.15. The second-order valence-electron chi connectivity index (χ2n) is 4.30. The highest BCUT2D eigenvalue weighted by Gasteiger charge is 2.07. The lowest BCUT2D eigenvalue weighted by Crippen LogP contribution is -2.14. The maximum atomic E-state index is 11.6. The first-order valence-electron chi connectivity index (χ1n) is 6.70. The van der Waals surface area contributed by atoms with Crippen LogP contribution in [0.3, 0.4) is 0 Å². The van der Waals surface area contributed by atoms with E-state index >= 15 is 0 Å². The first kappa shape index (κ1) is 15.2. The van der Waals surface area contributed by atoms with Crippen molar-refractivity contribution in [2.75, 3.05) is 11.9 Å². The fourth-order valence-corrected chi connectivity index (χ4v) is 1.72. The van der Waals surface area contributed by atoms with Crippen molar-refractivity contribution in [2.45, 2.75) is 39.5 Å². The van der Waals surface area contributed by atoms with Crippen LogP contribution in [0.25, 0.3) is 0 Å². The molecule has 19 heavy (non-hydrogen) atoms. The van der Waals surface area contributed by atoms with Gasteiger partial charge >= 0.3 is 5.97 Å². The number of nitrogens with one attached hydrogen (secondary N) is 1. The molecule has 1 amide bonds. The minimum absolute atomic E-state index is 0.119. The molecule has 0 saturated carbocycles. The van der Waals surface area contributed by atoms with Crippen molar-refractivity contribution in [3.05, 3.63) is 29.8 Å².